The Hall–Kier alpha value is -4.20. The van der Waals surface area contributed by atoms with Crippen LogP contribution in [0.1, 0.15) is 46.4 Å². The topological polar surface area (TPSA) is 80.4 Å². The number of pyridine rings is 1. The standard InChI is InChI=1S/C33H31ClN4O3/c1-36-21-35-20-30(36)33(41,24-11-9-22(10-12-24)32(40)38-15-4-3-5-16-38)25-13-14-29-28(18-25)27(19-31(39)37(29)2)23-7-6-8-26(34)17-23/h6-14,17-21,41H,3-5,15-16H2,1-2H3. The molecular weight excluding hydrogens is 536 g/mol. The molecule has 0 aliphatic carbocycles. The predicted octanol–water partition coefficient (Wildman–Crippen LogP) is 5.50. The summed E-state index contributed by atoms with van der Waals surface area (Å²) in [5.74, 6) is 0.0121. The summed E-state index contributed by atoms with van der Waals surface area (Å²) in [6, 6.07) is 21.8. The van der Waals surface area contributed by atoms with Gasteiger partial charge >= 0.3 is 0 Å². The molecule has 8 heteroatoms. The van der Waals surface area contributed by atoms with Gasteiger partial charge < -0.3 is 19.1 Å². The van der Waals surface area contributed by atoms with E-state index in [-0.39, 0.29) is 11.5 Å². The summed E-state index contributed by atoms with van der Waals surface area (Å²) in [6.45, 7) is 1.54. The second kappa shape index (κ2) is 10.7. The number of carbonyl (C=O) groups excluding carboxylic acids is 1. The summed E-state index contributed by atoms with van der Waals surface area (Å²) in [5, 5.41) is 14.0. The summed E-state index contributed by atoms with van der Waals surface area (Å²) in [4.78, 5) is 32.2. The van der Waals surface area contributed by atoms with Crippen LogP contribution >= 0.6 is 11.6 Å². The molecule has 1 unspecified atom stereocenters. The number of piperidine rings is 1. The molecule has 0 radical (unpaired) electrons. The van der Waals surface area contributed by atoms with E-state index in [4.69, 9.17) is 11.6 Å². The van der Waals surface area contributed by atoms with E-state index in [9.17, 15) is 14.7 Å². The van der Waals surface area contributed by atoms with Crippen LogP contribution in [0.2, 0.25) is 5.02 Å². The molecule has 0 saturated carbocycles. The van der Waals surface area contributed by atoms with Gasteiger partial charge in [0.05, 0.1) is 23.7 Å². The number of fused-ring (bicyclic) bond motifs is 1. The van der Waals surface area contributed by atoms with E-state index in [0.29, 0.717) is 27.4 Å². The predicted molar refractivity (Wildman–Crippen MR) is 161 cm³/mol. The number of amides is 1. The number of nitrogens with zero attached hydrogens (tertiary/aromatic N) is 4. The fraction of sp³-hybridized carbons (Fsp3) is 0.242. The number of hydrogen-bond donors (Lipinski definition) is 1. The van der Waals surface area contributed by atoms with E-state index in [0.717, 1.165) is 54.4 Å². The van der Waals surface area contributed by atoms with E-state index in [1.165, 1.54) is 0 Å². The molecule has 1 saturated heterocycles. The number of aryl methyl sites for hydroxylation is 2. The molecule has 208 valence electrons. The van der Waals surface area contributed by atoms with Crippen molar-refractivity contribution in [1.82, 2.24) is 19.0 Å². The third-order valence-corrected chi connectivity index (χ3v) is 8.42. The van der Waals surface area contributed by atoms with Gasteiger partial charge in [-0.2, -0.15) is 0 Å². The van der Waals surface area contributed by atoms with E-state index in [2.05, 4.69) is 4.98 Å². The normalized spacial score (nSPS) is 15.2. The quantitative estimate of drug-likeness (QED) is 0.304. The van der Waals surface area contributed by atoms with Crippen LogP contribution in [0.25, 0.3) is 22.0 Å². The Kier molecular flexibility index (Phi) is 7.01. The number of carbonyl (C=O) groups is 1. The molecule has 7 nitrogen and oxygen atoms in total. The minimum Gasteiger partial charge on any atom is -0.374 e. The van der Waals surface area contributed by atoms with Gasteiger partial charge in [-0.05, 0) is 77.9 Å². The highest BCUT2D eigenvalue weighted by Crippen LogP contribution is 2.39. The van der Waals surface area contributed by atoms with Gasteiger partial charge in [-0.25, -0.2) is 4.98 Å². The lowest BCUT2D eigenvalue weighted by molar-refractivity contribution is 0.0723. The number of aromatic nitrogens is 3. The average Bonchev–Trinajstić information content (AvgIpc) is 3.44. The summed E-state index contributed by atoms with van der Waals surface area (Å²) in [7, 11) is 3.57. The number of aliphatic hydroxyl groups is 1. The van der Waals surface area contributed by atoms with Crippen molar-refractivity contribution in [2.75, 3.05) is 13.1 Å². The van der Waals surface area contributed by atoms with Crippen LogP contribution in [-0.2, 0) is 19.7 Å². The largest absolute Gasteiger partial charge is 0.374 e. The molecular formula is C33H31ClN4O3. The maximum atomic E-state index is 13.1. The Morgan fingerprint density at radius 3 is 2.34 bits per heavy atom. The van der Waals surface area contributed by atoms with Crippen molar-refractivity contribution in [3.05, 3.63) is 123 Å². The van der Waals surface area contributed by atoms with Crippen molar-refractivity contribution >= 4 is 28.4 Å². The molecule has 0 bridgehead atoms. The number of halogens is 1. The highest BCUT2D eigenvalue weighted by atomic mass is 35.5. The van der Waals surface area contributed by atoms with Gasteiger partial charge in [-0.1, -0.05) is 41.9 Å². The molecule has 0 spiro atoms. The van der Waals surface area contributed by atoms with Crippen LogP contribution < -0.4 is 5.56 Å². The van der Waals surface area contributed by atoms with Gasteiger partial charge in [0.1, 0.15) is 0 Å². The van der Waals surface area contributed by atoms with Crippen LogP contribution in [0.5, 0.6) is 0 Å². The summed E-state index contributed by atoms with van der Waals surface area (Å²) in [6.07, 6.45) is 6.50. The third-order valence-electron chi connectivity index (χ3n) is 8.18. The van der Waals surface area contributed by atoms with Crippen molar-refractivity contribution in [3.63, 3.8) is 0 Å². The van der Waals surface area contributed by atoms with Crippen molar-refractivity contribution in [2.45, 2.75) is 24.9 Å². The zero-order valence-electron chi connectivity index (χ0n) is 23.0. The first-order valence-corrected chi connectivity index (χ1v) is 14.1. The highest BCUT2D eigenvalue weighted by Gasteiger charge is 2.37. The molecule has 6 rings (SSSR count). The molecule has 41 heavy (non-hydrogen) atoms. The maximum Gasteiger partial charge on any atom is 0.253 e. The number of hydrogen-bond acceptors (Lipinski definition) is 4. The molecule has 1 atom stereocenters. The summed E-state index contributed by atoms with van der Waals surface area (Å²) in [5.41, 5.74) is 2.90. The van der Waals surface area contributed by atoms with Crippen LogP contribution in [0.3, 0.4) is 0 Å². The lowest BCUT2D eigenvalue weighted by atomic mass is 9.82. The number of likely N-dealkylation sites (tertiary alicyclic amines) is 1. The van der Waals surface area contributed by atoms with Crippen molar-refractivity contribution < 1.29 is 9.90 Å². The Morgan fingerprint density at radius 2 is 1.66 bits per heavy atom. The monoisotopic (exact) mass is 566 g/mol. The Labute approximate surface area is 243 Å². The number of benzene rings is 3. The van der Waals surface area contributed by atoms with Gasteiger partial charge in [0.25, 0.3) is 11.5 Å². The van der Waals surface area contributed by atoms with Crippen LogP contribution in [0, 0.1) is 0 Å². The van der Waals surface area contributed by atoms with Gasteiger partial charge in [0.15, 0.2) is 5.60 Å². The fourth-order valence-electron chi connectivity index (χ4n) is 5.88. The summed E-state index contributed by atoms with van der Waals surface area (Å²) >= 11 is 6.31. The Bertz CT molecular complexity index is 1820. The molecule has 1 N–H and O–H groups in total. The first kappa shape index (κ1) is 27.0. The number of rotatable bonds is 5. The zero-order chi connectivity index (χ0) is 28.7. The third kappa shape index (κ3) is 4.75. The van der Waals surface area contributed by atoms with Crippen molar-refractivity contribution in [3.8, 4) is 11.1 Å². The lowest BCUT2D eigenvalue weighted by Crippen LogP contribution is -2.35. The van der Waals surface area contributed by atoms with Crippen LogP contribution in [0.15, 0.2) is 90.1 Å². The average molecular weight is 567 g/mol. The SMILES string of the molecule is Cn1cncc1C(O)(c1ccc(C(=O)N2CCCCC2)cc1)c1ccc2c(c1)c(-c1cccc(Cl)c1)cc(=O)n2C. The molecule has 3 aromatic carbocycles. The molecule has 5 aromatic rings. The molecule has 3 heterocycles. The van der Waals surface area contributed by atoms with Crippen molar-refractivity contribution in [1.29, 1.82) is 0 Å². The van der Waals surface area contributed by atoms with Crippen molar-refractivity contribution in [2.24, 2.45) is 14.1 Å². The minimum absolute atomic E-state index is 0.0121. The van der Waals surface area contributed by atoms with E-state index >= 15 is 0 Å². The zero-order valence-corrected chi connectivity index (χ0v) is 23.8. The first-order valence-electron chi connectivity index (χ1n) is 13.8. The maximum absolute atomic E-state index is 13.1. The Morgan fingerprint density at radius 1 is 0.927 bits per heavy atom. The first-order chi connectivity index (χ1) is 19.8. The van der Waals surface area contributed by atoms with Gasteiger partial charge in [-0.15, -0.1) is 0 Å². The van der Waals surface area contributed by atoms with Crippen LogP contribution in [0.4, 0.5) is 0 Å². The van der Waals surface area contributed by atoms with Gasteiger partial charge in [-0.3, -0.25) is 9.59 Å². The van der Waals surface area contributed by atoms with Gasteiger partial charge in [0, 0.05) is 49.2 Å². The fourth-order valence-corrected chi connectivity index (χ4v) is 6.07. The smallest absolute Gasteiger partial charge is 0.253 e. The second-order valence-electron chi connectivity index (χ2n) is 10.7. The molecule has 1 aliphatic heterocycles. The highest BCUT2D eigenvalue weighted by molar-refractivity contribution is 6.30. The number of imidazole rings is 1. The minimum atomic E-state index is -1.59. The van der Waals surface area contributed by atoms with E-state index < -0.39 is 5.60 Å². The van der Waals surface area contributed by atoms with Crippen LogP contribution in [-0.4, -0.2) is 43.1 Å². The van der Waals surface area contributed by atoms with E-state index in [1.54, 1.807) is 53.0 Å². The summed E-state index contributed by atoms with van der Waals surface area (Å²) < 4.78 is 3.38. The Balaban J connectivity index is 1.52. The molecule has 1 amide bonds. The second-order valence-corrected chi connectivity index (χ2v) is 11.2. The van der Waals surface area contributed by atoms with E-state index in [1.807, 2.05) is 60.5 Å². The lowest BCUT2D eigenvalue weighted by Gasteiger charge is -2.31. The molecule has 2 aromatic heterocycles. The molecule has 1 aliphatic rings. The molecule has 1 fully saturated rings. The van der Waals surface area contributed by atoms with Gasteiger partial charge in [0.2, 0.25) is 0 Å².